The fourth-order valence-corrected chi connectivity index (χ4v) is 4.51. The van der Waals surface area contributed by atoms with Gasteiger partial charge >= 0.3 is 0 Å². The number of nitrogens with zero attached hydrogens (tertiary/aromatic N) is 3. The van der Waals surface area contributed by atoms with Crippen LogP contribution in [0.5, 0.6) is 0 Å². The molecule has 0 radical (unpaired) electrons. The number of aromatic nitrogens is 3. The summed E-state index contributed by atoms with van der Waals surface area (Å²) in [6.45, 7) is 0. The van der Waals surface area contributed by atoms with Crippen LogP contribution in [-0.2, 0) is 0 Å². The molecule has 0 unspecified atom stereocenters. The number of ketones is 1. The maximum absolute atomic E-state index is 13.4. The van der Waals surface area contributed by atoms with Crippen molar-refractivity contribution in [3.63, 3.8) is 0 Å². The van der Waals surface area contributed by atoms with E-state index in [1.54, 1.807) is 48.7 Å². The van der Waals surface area contributed by atoms with E-state index >= 15 is 0 Å². The Morgan fingerprint density at radius 2 is 1.79 bits per heavy atom. The summed E-state index contributed by atoms with van der Waals surface area (Å²) in [4.78, 5) is 35.0. The molecule has 9 heteroatoms. The van der Waals surface area contributed by atoms with Gasteiger partial charge in [-0.25, -0.2) is 9.37 Å². The van der Waals surface area contributed by atoms with E-state index < -0.39 is 5.82 Å². The Hall–Kier alpha value is -3.75. The molecule has 5 rings (SSSR count). The lowest BCUT2D eigenvalue weighted by atomic mass is 10.1. The van der Waals surface area contributed by atoms with E-state index in [-0.39, 0.29) is 17.1 Å². The van der Waals surface area contributed by atoms with Crippen molar-refractivity contribution in [2.75, 3.05) is 11.2 Å². The summed E-state index contributed by atoms with van der Waals surface area (Å²) in [7, 11) is 0. The SMILES string of the molecule is O=C(CSc1nc2ccccc2c(=O)n1Nc1ccnc2cc(Cl)ccc12)c1ccc(F)cc1. The summed E-state index contributed by atoms with van der Waals surface area (Å²) in [6.07, 6.45) is 1.62. The van der Waals surface area contributed by atoms with Gasteiger partial charge < -0.3 is 0 Å². The van der Waals surface area contributed by atoms with Gasteiger partial charge in [0, 0.05) is 22.2 Å². The smallest absolute Gasteiger partial charge is 0.280 e. The number of fused-ring (bicyclic) bond motifs is 2. The first-order valence-electron chi connectivity index (χ1n) is 10.2. The van der Waals surface area contributed by atoms with Gasteiger partial charge in [0.25, 0.3) is 5.56 Å². The largest absolute Gasteiger partial charge is 0.293 e. The standard InChI is InChI=1S/C25H16ClFN4O2S/c26-16-7-10-18-21(11-12-28-22(18)13-16)30-31-24(33)19-3-1-2-4-20(19)29-25(31)34-14-23(32)15-5-8-17(27)9-6-15/h1-13H,14H2,(H,28,30). The molecule has 0 aliphatic heterocycles. The third-order valence-electron chi connectivity index (χ3n) is 5.18. The number of anilines is 1. The Kier molecular flexibility index (Phi) is 6.00. The molecule has 0 aliphatic rings. The predicted octanol–water partition coefficient (Wildman–Crippen LogP) is 5.59. The lowest BCUT2D eigenvalue weighted by molar-refractivity contribution is 0.102. The number of para-hydroxylation sites is 1. The molecule has 0 aliphatic carbocycles. The Bertz CT molecular complexity index is 1610. The van der Waals surface area contributed by atoms with Gasteiger partial charge in [-0.05, 0) is 60.7 Å². The van der Waals surface area contributed by atoms with Gasteiger partial charge in [0.05, 0.1) is 27.9 Å². The minimum Gasteiger partial charge on any atom is -0.293 e. The third kappa shape index (κ3) is 4.37. The van der Waals surface area contributed by atoms with Crippen molar-refractivity contribution in [3.05, 3.63) is 106 Å². The number of carbonyl (C=O) groups excluding carboxylic acids is 1. The number of carbonyl (C=O) groups is 1. The topological polar surface area (TPSA) is 76.9 Å². The van der Waals surface area contributed by atoms with Crippen LogP contribution in [0.2, 0.25) is 5.02 Å². The summed E-state index contributed by atoms with van der Waals surface area (Å²) in [5.41, 5.74) is 5.04. The molecule has 0 bridgehead atoms. The minimum absolute atomic E-state index is 0.0186. The molecule has 0 amide bonds. The van der Waals surface area contributed by atoms with Gasteiger partial charge in [0.2, 0.25) is 0 Å². The molecular weight excluding hydrogens is 475 g/mol. The molecular formula is C25H16ClFN4O2S. The van der Waals surface area contributed by atoms with Gasteiger partial charge in [0.15, 0.2) is 10.9 Å². The molecule has 5 aromatic rings. The highest BCUT2D eigenvalue weighted by atomic mass is 35.5. The second-order valence-electron chi connectivity index (χ2n) is 7.40. The van der Waals surface area contributed by atoms with Crippen LogP contribution < -0.4 is 11.0 Å². The van der Waals surface area contributed by atoms with Crippen LogP contribution >= 0.6 is 23.4 Å². The van der Waals surface area contributed by atoms with Crippen LogP contribution in [0.25, 0.3) is 21.8 Å². The molecule has 34 heavy (non-hydrogen) atoms. The van der Waals surface area contributed by atoms with Gasteiger partial charge in [-0.1, -0.05) is 35.5 Å². The normalized spacial score (nSPS) is 11.1. The second kappa shape index (κ2) is 9.24. The van der Waals surface area contributed by atoms with E-state index in [9.17, 15) is 14.0 Å². The van der Waals surface area contributed by atoms with Gasteiger partial charge in [-0.3, -0.25) is 20.0 Å². The molecule has 2 heterocycles. The molecule has 0 fully saturated rings. The van der Waals surface area contributed by atoms with Gasteiger partial charge in [-0.2, -0.15) is 4.68 Å². The van der Waals surface area contributed by atoms with Crippen LogP contribution in [0.15, 0.2) is 88.9 Å². The quantitative estimate of drug-likeness (QED) is 0.190. The van der Waals surface area contributed by atoms with E-state index in [1.807, 2.05) is 6.07 Å². The Morgan fingerprint density at radius 1 is 1.00 bits per heavy atom. The van der Waals surface area contributed by atoms with Crippen LogP contribution in [0.3, 0.4) is 0 Å². The molecule has 6 nitrogen and oxygen atoms in total. The first-order chi connectivity index (χ1) is 16.5. The zero-order valence-corrected chi connectivity index (χ0v) is 19.1. The summed E-state index contributed by atoms with van der Waals surface area (Å²) in [6, 6.07) is 19.4. The van der Waals surface area contributed by atoms with Crippen LogP contribution in [0, 0.1) is 5.82 Å². The van der Waals surface area contributed by atoms with Crippen molar-refractivity contribution < 1.29 is 9.18 Å². The molecule has 2 aromatic heterocycles. The summed E-state index contributed by atoms with van der Waals surface area (Å²) < 4.78 is 14.5. The zero-order valence-electron chi connectivity index (χ0n) is 17.5. The monoisotopic (exact) mass is 490 g/mol. The van der Waals surface area contributed by atoms with Gasteiger partial charge in [0.1, 0.15) is 5.82 Å². The van der Waals surface area contributed by atoms with Crippen molar-refractivity contribution in [1.29, 1.82) is 0 Å². The van der Waals surface area contributed by atoms with E-state index in [0.717, 1.165) is 17.1 Å². The highest BCUT2D eigenvalue weighted by Gasteiger charge is 2.15. The fraction of sp³-hybridized carbons (Fsp3) is 0.0400. The molecule has 168 valence electrons. The van der Waals surface area contributed by atoms with E-state index in [4.69, 9.17) is 11.6 Å². The number of halogens is 2. The highest BCUT2D eigenvalue weighted by Crippen LogP contribution is 2.26. The lowest BCUT2D eigenvalue weighted by Gasteiger charge is -2.16. The highest BCUT2D eigenvalue weighted by molar-refractivity contribution is 7.99. The Morgan fingerprint density at radius 3 is 2.62 bits per heavy atom. The van der Waals surface area contributed by atoms with E-state index in [1.165, 1.54) is 28.9 Å². The number of thioether (sulfide) groups is 1. The lowest BCUT2D eigenvalue weighted by Crippen LogP contribution is -2.29. The van der Waals surface area contributed by atoms with Gasteiger partial charge in [-0.15, -0.1) is 0 Å². The number of rotatable bonds is 6. The number of pyridine rings is 1. The number of benzene rings is 3. The maximum Gasteiger partial charge on any atom is 0.280 e. The fourth-order valence-electron chi connectivity index (χ4n) is 3.50. The Labute approximate surface area is 202 Å². The average Bonchev–Trinajstić information content (AvgIpc) is 2.85. The van der Waals surface area contributed by atoms with Crippen molar-refractivity contribution in [2.45, 2.75) is 5.16 Å². The molecule has 0 saturated heterocycles. The maximum atomic E-state index is 13.4. The molecule has 0 saturated carbocycles. The molecule has 1 N–H and O–H groups in total. The Balaban J connectivity index is 1.55. The zero-order chi connectivity index (χ0) is 23.7. The van der Waals surface area contributed by atoms with Crippen molar-refractivity contribution in [3.8, 4) is 0 Å². The average molecular weight is 491 g/mol. The van der Waals surface area contributed by atoms with E-state index in [2.05, 4.69) is 15.4 Å². The van der Waals surface area contributed by atoms with Crippen molar-refractivity contribution in [2.24, 2.45) is 0 Å². The van der Waals surface area contributed by atoms with Crippen LogP contribution in [0.1, 0.15) is 10.4 Å². The second-order valence-corrected chi connectivity index (χ2v) is 8.78. The molecule has 0 spiro atoms. The minimum atomic E-state index is -0.413. The van der Waals surface area contributed by atoms with Crippen molar-refractivity contribution in [1.82, 2.24) is 14.6 Å². The van der Waals surface area contributed by atoms with Crippen LogP contribution in [0.4, 0.5) is 10.1 Å². The number of hydrogen-bond donors (Lipinski definition) is 1. The van der Waals surface area contributed by atoms with E-state index in [0.29, 0.717) is 37.8 Å². The number of Topliss-reactive ketones (excluding diaryl/α,β-unsaturated/α-hetero) is 1. The third-order valence-corrected chi connectivity index (χ3v) is 6.35. The number of hydrogen-bond acceptors (Lipinski definition) is 6. The van der Waals surface area contributed by atoms with Crippen molar-refractivity contribution >= 4 is 56.6 Å². The molecule has 3 aromatic carbocycles. The summed E-state index contributed by atoms with van der Waals surface area (Å²) in [5, 5.41) is 2.08. The van der Waals surface area contributed by atoms with Crippen LogP contribution in [-0.4, -0.2) is 26.2 Å². The first-order valence-corrected chi connectivity index (χ1v) is 11.6. The summed E-state index contributed by atoms with van der Waals surface area (Å²) in [5.74, 6) is -0.600. The number of nitrogens with one attached hydrogen (secondary N) is 1. The predicted molar refractivity (Wildman–Crippen MR) is 133 cm³/mol. The first kappa shape index (κ1) is 22.1. The summed E-state index contributed by atoms with van der Waals surface area (Å²) >= 11 is 7.21. The molecule has 0 atom stereocenters.